The van der Waals surface area contributed by atoms with Crippen molar-refractivity contribution in [2.75, 3.05) is 27.0 Å². The van der Waals surface area contributed by atoms with Gasteiger partial charge in [-0.25, -0.2) is 0 Å². The molecule has 12 aromatic heterocycles. The number of alkyl halides is 12. The predicted octanol–water partition coefficient (Wildman–Crippen LogP) is 19.0. The van der Waals surface area contributed by atoms with Crippen molar-refractivity contribution in [3.63, 3.8) is 0 Å². The second-order valence-electron chi connectivity index (χ2n) is 29.2. The van der Waals surface area contributed by atoms with Crippen LogP contribution in [0.3, 0.4) is 0 Å². The maximum absolute atomic E-state index is 12.7. The van der Waals surface area contributed by atoms with Crippen LogP contribution in [0.5, 0.6) is 0 Å². The molecule has 18 rings (SSSR count). The molecule has 42 heteroatoms. The van der Waals surface area contributed by atoms with Gasteiger partial charge >= 0.3 is 24.7 Å². The first-order valence-corrected chi connectivity index (χ1v) is 39.7. The number of para-hydroxylation sites is 5. The van der Waals surface area contributed by atoms with Gasteiger partial charge in [-0.3, -0.25) is 62.5 Å². The van der Waals surface area contributed by atoms with Crippen LogP contribution < -0.4 is 27.0 Å². The smallest absolute Gasteiger partial charge is 0.433 e. The Bertz CT molecular complexity index is 7330. The van der Waals surface area contributed by atoms with E-state index in [2.05, 4.69) is 83.0 Å². The third-order valence-electron chi connectivity index (χ3n) is 19.9. The normalized spacial score (nSPS) is 11.6. The van der Waals surface area contributed by atoms with Crippen LogP contribution in [-0.2, 0) is 62.2 Å². The van der Waals surface area contributed by atoms with Crippen molar-refractivity contribution < 1.29 is 85.8 Å². The number of fused-ring (bicyclic) bond motifs is 5. The summed E-state index contributed by atoms with van der Waals surface area (Å²) in [5.74, 6) is 0.452. The molecule has 12 heterocycles. The lowest BCUT2D eigenvalue weighted by molar-refractivity contribution is -0.142. The molecule has 8 N–H and O–H groups in total. The van der Waals surface area contributed by atoms with E-state index < -0.39 is 53.4 Å². The SMILES string of the molecule is CC(=N)/C(=C\O)C(=O)Nc1nn(Cc2ccc(C(F)(F)F)nc2)c2ccccc12.Cc1occc1C(=O)Nc1nn(Cc2ccc(C(F)(F)F)nc2)c2ccccc12.N#Cc1ccc(Cn2nc(NC(=O)c3cccnn3)c3ccccc32)cc1.Nc1nn(Cc2ccc(C(F)(F)F)nc2)c2ccccc12.O=C(Nc1nn(Cc2ccc(C(F)(F)F)nc2)c2ccccc12)c1ccoc1. The van der Waals surface area contributed by atoms with Crippen molar-refractivity contribution in [3.8, 4) is 6.07 Å². The van der Waals surface area contributed by atoms with Gasteiger partial charge in [0.2, 0.25) is 0 Å². The molecule has 678 valence electrons. The van der Waals surface area contributed by atoms with E-state index in [9.17, 15) is 71.9 Å². The highest BCUT2D eigenvalue weighted by Crippen LogP contribution is 2.35. The standard InChI is InChI=1S/C20H15F3N4O2.C20H14N6O.C19H16F3N5O2.C19H13F3N4O2.C14H11F3N4/c1-12-14(8-9-29-12)19(28)25-18-15-4-2-3-5-16(15)27(26-18)11-13-6-7-17(24-10-13)20(21,22)23;21-12-14-7-9-15(10-8-14)13-26-18-6-2-1-4-16(18)19(25-26)23-20(27)17-5-3-11-22-24-17;1-11(23)14(10-28)18(29)25-17-13-4-2-3-5-15(13)27(26-17)9-12-6-7-16(24-8-12)19(20,21)22;20-19(21,22)16-6-5-12(9-23-16)10-26-15-4-2-1-3-14(15)17(25-26)24-18(27)13-7-8-28-11-13;15-14(16,17)12-6-5-9(7-19-12)8-21-11-4-2-1-3-10(11)13(18)20-21/h2-10H,11H2,1H3,(H,25,26,28);1-11H,13H2,(H,23,25,27);2-8,10,23,28H,9H2,1H3,(H,25,26,29);1-9,11H,10H2,(H,24,25,27);1-7H,8H2,(H2,18,20)/b;;14-10+,23-11?;;. The third kappa shape index (κ3) is 22.4. The van der Waals surface area contributed by atoms with Crippen LogP contribution in [0, 0.1) is 23.7 Å². The van der Waals surface area contributed by atoms with Gasteiger partial charge in [0.05, 0.1) is 107 Å². The summed E-state index contributed by atoms with van der Waals surface area (Å²) < 4.78 is 170. The highest BCUT2D eigenvalue weighted by molar-refractivity contribution is 6.24. The minimum atomic E-state index is -4.51. The number of nitriles is 1. The molecule has 0 saturated carbocycles. The number of pyridine rings is 4. The number of rotatable bonds is 19. The van der Waals surface area contributed by atoms with E-state index in [0.717, 1.165) is 68.9 Å². The first-order valence-electron chi connectivity index (χ1n) is 39.7. The molecule has 0 aliphatic rings. The van der Waals surface area contributed by atoms with Crippen LogP contribution >= 0.6 is 0 Å². The van der Waals surface area contributed by atoms with Crippen LogP contribution in [0.25, 0.3) is 54.5 Å². The van der Waals surface area contributed by atoms with E-state index in [1.807, 2.05) is 108 Å². The second-order valence-corrected chi connectivity index (χ2v) is 29.2. The summed E-state index contributed by atoms with van der Waals surface area (Å²) in [6, 6.07) is 61.5. The van der Waals surface area contributed by atoms with Gasteiger partial charge in [0.1, 0.15) is 34.8 Å². The number of carbonyl (C=O) groups is 4. The monoisotopic (exact) mass is 1840 g/mol. The first kappa shape index (κ1) is 92.6. The van der Waals surface area contributed by atoms with Crippen molar-refractivity contribution in [2.45, 2.75) is 71.3 Å². The molecule has 0 bridgehead atoms. The Morgan fingerprint density at radius 1 is 0.440 bits per heavy atom. The number of aliphatic hydroxyl groups excluding tert-OH is 1. The molecule has 0 atom stereocenters. The zero-order chi connectivity index (χ0) is 95.2. The van der Waals surface area contributed by atoms with Crippen LogP contribution in [-0.4, -0.2) is 113 Å². The number of amides is 4. The maximum atomic E-state index is 12.7. The van der Waals surface area contributed by atoms with E-state index in [1.165, 1.54) is 85.5 Å². The summed E-state index contributed by atoms with van der Waals surface area (Å²) in [4.78, 5) is 63.3. The number of hydrogen-bond acceptors (Lipinski definition) is 21. The number of nitrogens with one attached hydrogen (secondary N) is 5. The molecule has 0 spiro atoms. The van der Waals surface area contributed by atoms with E-state index in [1.54, 1.807) is 81.6 Å². The highest BCUT2D eigenvalue weighted by atomic mass is 19.4. The predicted molar refractivity (Wildman–Crippen MR) is 467 cm³/mol. The molecule has 0 aliphatic carbocycles. The number of hydrogen-bond donors (Lipinski definition) is 7. The molecule has 0 aliphatic heterocycles. The summed E-state index contributed by atoms with van der Waals surface area (Å²) in [5.41, 5.74) is 10.3. The van der Waals surface area contributed by atoms with Crippen molar-refractivity contribution in [2.24, 2.45) is 0 Å². The van der Waals surface area contributed by atoms with E-state index in [4.69, 9.17) is 30.3 Å². The summed E-state index contributed by atoms with van der Waals surface area (Å²) in [5, 5.41) is 69.6. The fourth-order valence-corrected chi connectivity index (χ4v) is 13.4. The number of halogens is 12. The highest BCUT2D eigenvalue weighted by Gasteiger charge is 2.36. The van der Waals surface area contributed by atoms with E-state index in [-0.39, 0.29) is 60.2 Å². The van der Waals surface area contributed by atoms with Crippen LogP contribution in [0.2, 0.25) is 0 Å². The van der Waals surface area contributed by atoms with Crippen molar-refractivity contribution in [3.05, 3.63) is 359 Å². The molecular weight excluding hydrogens is 1770 g/mol. The Morgan fingerprint density at radius 3 is 1.13 bits per heavy atom. The van der Waals surface area contributed by atoms with Gasteiger partial charge in [0.25, 0.3) is 23.6 Å². The summed E-state index contributed by atoms with van der Waals surface area (Å²) >= 11 is 0. The number of furan rings is 2. The Balaban J connectivity index is 0.000000135. The Morgan fingerprint density at radius 2 is 0.799 bits per heavy atom. The third-order valence-corrected chi connectivity index (χ3v) is 19.9. The van der Waals surface area contributed by atoms with Gasteiger partial charge in [0.15, 0.2) is 34.8 Å². The van der Waals surface area contributed by atoms with Gasteiger partial charge in [-0.05, 0) is 163 Å². The summed E-state index contributed by atoms with van der Waals surface area (Å²) in [7, 11) is 0. The van der Waals surface area contributed by atoms with E-state index in [0.29, 0.717) is 109 Å². The topological polar surface area (TPSA) is 403 Å². The molecule has 6 aromatic carbocycles. The molecule has 18 aromatic rings. The van der Waals surface area contributed by atoms with Crippen molar-refractivity contribution in [1.82, 2.24) is 79.0 Å². The van der Waals surface area contributed by atoms with Gasteiger partial charge in [0, 0.05) is 63.6 Å². The zero-order valence-electron chi connectivity index (χ0n) is 69.6. The number of nitrogens with zero attached hydrogens (tertiary/aromatic N) is 17. The number of aryl methyl sites for hydroxylation is 1. The summed E-state index contributed by atoms with van der Waals surface area (Å²) in [6.45, 7) is 4.41. The Labute approximate surface area is 748 Å². The molecule has 30 nitrogen and oxygen atoms in total. The van der Waals surface area contributed by atoms with Gasteiger partial charge < -0.3 is 46.4 Å². The number of nitrogen functional groups attached to an aromatic ring is 1. The molecule has 0 unspecified atom stereocenters. The lowest BCUT2D eigenvalue weighted by Crippen LogP contribution is -2.19. The number of benzene rings is 6. The molecule has 0 radical (unpaired) electrons. The Hall–Kier alpha value is -17.6. The van der Waals surface area contributed by atoms with Gasteiger partial charge in [-0.1, -0.05) is 97.1 Å². The number of aliphatic hydroxyl groups is 1. The van der Waals surface area contributed by atoms with Gasteiger partial charge in [-0.2, -0.15) is 88.5 Å². The van der Waals surface area contributed by atoms with Crippen molar-refractivity contribution in [1.29, 1.82) is 10.7 Å². The van der Waals surface area contributed by atoms with Crippen LogP contribution in [0.4, 0.5) is 81.8 Å². The molecule has 0 fully saturated rings. The number of nitrogens with two attached hydrogens (primary N) is 1. The fourth-order valence-electron chi connectivity index (χ4n) is 13.4. The average Bonchev–Trinajstić information content (AvgIpc) is 1.66. The second kappa shape index (κ2) is 40.0. The number of carbonyl (C=O) groups excluding carboxylic acids is 4. The number of anilines is 5. The van der Waals surface area contributed by atoms with E-state index >= 15 is 0 Å². The summed E-state index contributed by atoms with van der Waals surface area (Å²) in [6.07, 6.45) is -7.04. The van der Waals surface area contributed by atoms with Crippen LogP contribution in [0.15, 0.2) is 289 Å². The van der Waals surface area contributed by atoms with Crippen molar-refractivity contribution >= 4 is 113 Å². The molecular formula is C92H69F12N23O7. The number of aromatic nitrogens is 16. The lowest BCUT2D eigenvalue weighted by atomic mass is 10.1. The van der Waals surface area contributed by atoms with Crippen LogP contribution in [0.1, 0.15) is 100 Å². The Kier molecular flexibility index (Phi) is 27.6. The maximum Gasteiger partial charge on any atom is 0.433 e. The largest absolute Gasteiger partial charge is 0.515 e. The quantitative estimate of drug-likeness (QED) is 0.0171. The average molecular weight is 1840 g/mol. The first-order chi connectivity index (χ1) is 64.1. The van der Waals surface area contributed by atoms with Gasteiger partial charge in [-0.15, -0.1) is 5.10 Å². The zero-order valence-corrected chi connectivity index (χ0v) is 69.6. The minimum absolute atomic E-state index is 0.121. The molecule has 134 heavy (non-hydrogen) atoms. The molecule has 4 amide bonds. The fraction of sp³-hybridized carbons (Fsp3) is 0.120. The lowest BCUT2D eigenvalue weighted by Gasteiger charge is -2.07. The molecule has 0 saturated heterocycles. The minimum Gasteiger partial charge on any atom is -0.515 e.